The first-order valence-corrected chi connectivity index (χ1v) is 6.62. The first kappa shape index (κ1) is 14.2. The zero-order valence-electron chi connectivity index (χ0n) is 11.3. The van der Waals surface area contributed by atoms with Crippen molar-refractivity contribution >= 4 is 23.3 Å². The van der Waals surface area contributed by atoms with Crippen LogP contribution in [0.15, 0.2) is 18.2 Å². The minimum atomic E-state index is -1.01. The van der Waals surface area contributed by atoms with Crippen LogP contribution >= 0.6 is 11.6 Å². The van der Waals surface area contributed by atoms with E-state index in [1.54, 1.807) is 18.2 Å². The minimum Gasteiger partial charge on any atom is -0.478 e. The normalized spacial score (nSPS) is 22.3. The van der Waals surface area contributed by atoms with Crippen molar-refractivity contribution in [1.82, 2.24) is 0 Å². The molecule has 1 fully saturated rings. The Balaban J connectivity index is 2.27. The van der Waals surface area contributed by atoms with Crippen LogP contribution < -0.4 is 4.90 Å². The number of ether oxygens (including phenoxy) is 1. The molecule has 4 nitrogen and oxygen atoms in total. The molecule has 1 aromatic rings. The number of hydrogen-bond acceptors (Lipinski definition) is 3. The fraction of sp³-hybridized carbons (Fsp3) is 0.500. The second kappa shape index (κ2) is 5.02. The average Bonchev–Trinajstić information content (AvgIpc) is 2.25. The van der Waals surface area contributed by atoms with Gasteiger partial charge in [0.15, 0.2) is 0 Å². The van der Waals surface area contributed by atoms with Gasteiger partial charge in [0.2, 0.25) is 0 Å². The van der Waals surface area contributed by atoms with Crippen LogP contribution in [0.1, 0.15) is 31.1 Å². The number of carboxylic acids is 1. The molecule has 0 spiro atoms. The van der Waals surface area contributed by atoms with Gasteiger partial charge in [-0.25, -0.2) is 4.79 Å². The highest BCUT2D eigenvalue weighted by atomic mass is 35.5. The van der Waals surface area contributed by atoms with Crippen molar-refractivity contribution in [2.45, 2.75) is 32.5 Å². The van der Waals surface area contributed by atoms with Crippen molar-refractivity contribution in [3.8, 4) is 0 Å². The van der Waals surface area contributed by atoms with Crippen molar-refractivity contribution in [1.29, 1.82) is 0 Å². The molecule has 1 aliphatic heterocycles. The van der Waals surface area contributed by atoms with Gasteiger partial charge in [0.25, 0.3) is 0 Å². The predicted molar refractivity (Wildman–Crippen MR) is 75.3 cm³/mol. The first-order chi connectivity index (χ1) is 8.78. The molecule has 1 saturated heterocycles. The zero-order chi connectivity index (χ0) is 14.2. The summed E-state index contributed by atoms with van der Waals surface area (Å²) in [6.45, 7) is 7.64. The Labute approximate surface area is 117 Å². The number of morpholine rings is 1. The third-order valence-electron chi connectivity index (χ3n) is 3.12. The highest BCUT2D eigenvalue weighted by Crippen LogP contribution is 2.29. The number of hydrogen-bond donors (Lipinski definition) is 1. The number of benzene rings is 1. The summed E-state index contributed by atoms with van der Waals surface area (Å²) in [4.78, 5) is 13.1. The SMILES string of the molecule is CC1CN(c2ccc(C(=O)O)c(Cl)c2)CC(C)(C)O1. The molecule has 0 saturated carbocycles. The number of halogens is 1. The number of anilines is 1. The lowest BCUT2D eigenvalue weighted by Gasteiger charge is -2.43. The second-order valence-electron chi connectivity index (χ2n) is 5.54. The molecule has 104 valence electrons. The lowest BCUT2D eigenvalue weighted by atomic mass is 10.0. The van der Waals surface area contributed by atoms with Crippen LogP contribution in [-0.4, -0.2) is 35.9 Å². The predicted octanol–water partition coefficient (Wildman–Crippen LogP) is 3.04. The summed E-state index contributed by atoms with van der Waals surface area (Å²) in [5, 5.41) is 9.24. The van der Waals surface area contributed by atoms with E-state index in [1.165, 1.54) is 0 Å². The number of aromatic carboxylic acids is 1. The van der Waals surface area contributed by atoms with Crippen LogP contribution in [0.4, 0.5) is 5.69 Å². The molecule has 0 bridgehead atoms. The van der Waals surface area contributed by atoms with E-state index < -0.39 is 5.97 Å². The van der Waals surface area contributed by atoms with Gasteiger partial charge in [-0.15, -0.1) is 0 Å². The summed E-state index contributed by atoms with van der Waals surface area (Å²) >= 11 is 6.01. The molecular weight excluding hydrogens is 266 g/mol. The van der Waals surface area contributed by atoms with Crippen molar-refractivity contribution in [2.75, 3.05) is 18.0 Å². The molecule has 1 aliphatic rings. The van der Waals surface area contributed by atoms with Gasteiger partial charge in [0.1, 0.15) is 0 Å². The van der Waals surface area contributed by atoms with E-state index in [9.17, 15) is 4.79 Å². The van der Waals surface area contributed by atoms with Gasteiger partial charge in [0.05, 0.1) is 22.3 Å². The van der Waals surface area contributed by atoms with Gasteiger partial charge < -0.3 is 14.7 Å². The molecule has 1 heterocycles. The van der Waals surface area contributed by atoms with Crippen molar-refractivity contribution < 1.29 is 14.6 Å². The van der Waals surface area contributed by atoms with E-state index in [-0.39, 0.29) is 22.3 Å². The number of nitrogens with zero attached hydrogens (tertiary/aromatic N) is 1. The van der Waals surface area contributed by atoms with Crippen LogP contribution in [0, 0.1) is 0 Å². The van der Waals surface area contributed by atoms with Crippen molar-refractivity contribution in [3.05, 3.63) is 28.8 Å². The molecule has 1 atom stereocenters. The molecule has 1 unspecified atom stereocenters. The number of carbonyl (C=O) groups is 1. The molecule has 19 heavy (non-hydrogen) atoms. The van der Waals surface area contributed by atoms with E-state index in [2.05, 4.69) is 4.90 Å². The summed E-state index contributed by atoms with van der Waals surface area (Å²) in [6.07, 6.45) is 0.127. The van der Waals surface area contributed by atoms with Gasteiger partial charge in [-0.3, -0.25) is 0 Å². The summed E-state index contributed by atoms with van der Waals surface area (Å²) in [5.41, 5.74) is 0.833. The number of rotatable bonds is 2. The van der Waals surface area contributed by atoms with Crippen LogP contribution in [0.5, 0.6) is 0 Å². The topological polar surface area (TPSA) is 49.8 Å². The Morgan fingerprint density at radius 1 is 1.53 bits per heavy atom. The lowest BCUT2D eigenvalue weighted by molar-refractivity contribution is -0.0749. The van der Waals surface area contributed by atoms with Crippen molar-refractivity contribution in [3.63, 3.8) is 0 Å². The molecule has 1 N–H and O–H groups in total. The van der Waals surface area contributed by atoms with Gasteiger partial charge >= 0.3 is 5.97 Å². The third kappa shape index (κ3) is 3.19. The molecule has 0 aliphatic carbocycles. The molecule has 5 heteroatoms. The largest absolute Gasteiger partial charge is 0.478 e. The highest BCUT2D eigenvalue weighted by molar-refractivity contribution is 6.33. The lowest BCUT2D eigenvalue weighted by Crippen LogP contribution is -2.52. The smallest absolute Gasteiger partial charge is 0.337 e. The summed E-state index contributed by atoms with van der Waals surface area (Å²) in [7, 11) is 0. The van der Waals surface area contributed by atoms with Gasteiger partial charge in [-0.2, -0.15) is 0 Å². The molecule has 1 aromatic carbocycles. The van der Waals surface area contributed by atoms with Gasteiger partial charge in [-0.1, -0.05) is 11.6 Å². The Morgan fingerprint density at radius 3 is 2.74 bits per heavy atom. The second-order valence-corrected chi connectivity index (χ2v) is 5.95. The third-order valence-corrected chi connectivity index (χ3v) is 3.43. The molecule has 0 aromatic heterocycles. The molecule has 0 radical (unpaired) electrons. The summed E-state index contributed by atoms with van der Waals surface area (Å²) in [5.74, 6) is -1.01. The van der Waals surface area contributed by atoms with E-state index in [0.29, 0.717) is 0 Å². The molecule has 0 amide bonds. The fourth-order valence-electron chi connectivity index (χ4n) is 2.52. The standard InChI is InChI=1S/C14H18ClNO3/c1-9-7-16(8-14(2,3)19-9)10-4-5-11(13(17)18)12(15)6-10/h4-6,9H,7-8H2,1-3H3,(H,17,18). The van der Waals surface area contributed by atoms with E-state index >= 15 is 0 Å². The Morgan fingerprint density at radius 2 is 2.21 bits per heavy atom. The number of carboxylic acid groups (broad SMARTS) is 1. The molecule has 2 rings (SSSR count). The highest BCUT2D eigenvalue weighted by Gasteiger charge is 2.31. The van der Waals surface area contributed by atoms with Gasteiger partial charge in [-0.05, 0) is 39.0 Å². The molecular formula is C14H18ClNO3. The van der Waals surface area contributed by atoms with Crippen LogP contribution in [0.25, 0.3) is 0 Å². The maximum absolute atomic E-state index is 10.9. The van der Waals surface area contributed by atoms with E-state index in [1.807, 2.05) is 20.8 Å². The van der Waals surface area contributed by atoms with E-state index in [0.717, 1.165) is 18.8 Å². The van der Waals surface area contributed by atoms with E-state index in [4.69, 9.17) is 21.4 Å². The maximum Gasteiger partial charge on any atom is 0.337 e. The minimum absolute atomic E-state index is 0.127. The Kier molecular flexibility index (Phi) is 3.74. The van der Waals surface area contributed by atoms with Crippen LogP contribution in [0.2, 0.25) is 5.02 Å². The Bertz CT molecular complexity index is 501. The Hall–Kier alpha value is -1.26. The van der Waals surface area contributed by atoms with Gasteiger partial charge in [0, 0.05) is 18.8 Å². The van der Waals surface area contributed by atoms with Crippen LogP contribution in [0.3, 0.4) is 0 Å². The fourth-order valence-corrected chi connectivity index (χ4v) is 2.78. The summed E-state index contributed by atoms with van der Waals surface area (Å²) < 4.78 is 5.85. The first-order valence-electron chi connectivity index (χ1n) is 6.24. The van der Waals surface area contributed by atoms with Crippen LogP contribution in [-0.2, 0) is 4.74 Å². The monoisotopic (exact) mass is 283 g/mol. The maximum atomic E-state index is 10.9. The zero-order valence-corrected chi connectivity index (χ0v) is 12.1. The average molecular weight is 284 g/mol. The quantitative estimate of drug-likeness (QED) is 0.906. The van der Waals surface area contributed by atoms with Crippen molar-refractivity contribution in [2.24, 2.45) is 0 Å². The summed E-state index contributed by atoms with van der Waals surface area (Å²) in [6, 6.07) is 5.05.